The summed E-state index contributed by atoms with van der Waals surface area (Å²) < 4.78 is 12.0. The Morgan fingerprint density at radius 2 is 1.94 bits per heavy atom. The SMILES string of the molecule is CC(C)(C)N1CC=C[C@]23O[C@@H]4/C=C\CCCOC(=O)[C@@H]4[C@H]2C(=O)N(CCCCO)C3C1=O. The number of carbonyl (C=O) groups excluding carboxylic acids is 3. The third-order valence-corrected chi connectivity index (χ3v) is 6.97. The van der Waals surface area contributed by atoms with Gasteiger partial charge in [0.1, 0.15) is 17.6 Å². The molecule has 4 aliphatic rings. The number of nitrogens with zero attached hydrogens (tertiary/aromatic N) is 2. The monoisotopic (exact) mass is 446 g/mol. The minimum atomic E-state index is -1.22. The molecule has 5 atom stereocenters. The Labute approximate surface area is 189 Å². The number of fused-ring (bicyclic) bond motifs is 2. The summed E-state index contributed by atoms with van der Waals surface area (Å²) >= 11 is 0. The van der Waals surface area contributed by atoms with Crippen molar-refractivity contribution < 1.29 is 29.0 Å². The topological polar surface area (TPSA) is 96.4 Å². The average molecular weight is 447 g/mol. The molecule has 0 bridgehead atoms. The van der Waals surface area contributed by atoms with Gasteiger partial charge in [0.2, 0.25) is 11.8 Å². The smallest absolute Gasteiger partial charge is 0.312 e. The molecule has 0 radical (unpaired) electrons. The first kappa shape index (κ1) is 23.0. The molecule has 176 valence electrons. The number of rotatable bonds is 4. The van der Waals surface area contributed by atoms with Gasteiger partial charge in [-0.25, -0.2) is 0 Å². The van der Waals surface area contributed by atoms with E-state index in [-0.39, 0.29) is 18.4 Å². The molecule has 2 fully saturated rings. The molecule has 4 heterocycles. The summed E-state index contributed by atoms with van der Waals surface area (Å²) in [5.41, 5.74) is -1.66. The fourth-order valence-electron chi connectivity index (χ4n) is 5.49. The Morgan fingerprint density at radius 1 is 1.16 bits per heavy atom. The first-order chi connectivity index (χ1) is 15.2. The molecule has 0 saturated carbocycles. The van der Waals surface area contributed by atoms with E-state index in [1.807, 2.05) is 45.1 Å². The Bertz CT molecular complexity index is 831. The molecule has 2 saturated heterocycles. The van der Waals surface area contributed by atoms with Crippen LogP contribution in [-0.4, -0.2) is 82.3 Å². The van der Waals surface area contributed by atoms with Crippen LogP contribution in [0.15, 0.2) is 24.3 Å². The van der Waals surface area contributed by atoms with Gasteiger partial charge in [0.25, 0.3) is 0 Å². The van der Waals surface area contributed by atoms with Crippen molar-refractivity contribution in [2.75, 3.05) is 26.3 Å². The Hall–Kier alpha value is -2.19. The second-order valence-electron chi connectivity index (χ2n) is 10.1. The van der Waals surface area contributed by atoms with E-state index in [2.05, 4.69) is 0 Å². The molecule has 1 spiro atoms. The number of cyclic esters (lactones) is 1. The van der Waals surface area contributed by atoms with E-state index < -0.39 is 41.1 Å². The molecule has 1 unspecified atom stereocenters. The number of hydrogen-bond acceptors (Lipinski definition) is 6. The van der Waals surface area contributed by atoms with Crippen LogP contribution in [0.1, 0.15) is 46.5 Å². The Morgan fingerprint density at radius 3 is 2.66 bits per heavy atom. The van der Waals surface area contributed by atoms with Crippen molar-refractivity contribution in [3.8, 4) is 0 Å². The maximum absolute atomic E-state index is 13.9. The van der Waals surface area contributed by atoms with Crippen molar-refractivity contribution in [3.63, 3.8) is 0 Å². The van der Waals surface area contributed by atoms with Crippen LogP contribution in [0.5, 0.6) is 0 Å². The largest absolute Gasteiger partial charge is 0.465 e. The molecule has 8 nitrogen and oxygen atoms in total. The Balaban J connectivity index is 1.80. The highest BCUT2D eigenvalue weighted by Gasteiger charge is 2.71. The standard InChI is InChI=1S/C24H34N2O6/c1-23(2,3)26-13-9-11-24-18(17-16(32-24)10-5-4-8-15-31-22(17)30)20(28)25(12-6-7-14-27)19(24)21(26)29/h5,9-11,16-19,27H,4,6-8,12-15H2,1-3H3/b10-5-/t16-,17+,18+,19?,24+/m1/s1. The van der Waals surface area contributed by atoms with Crippen molar-refractivity contribution in [1.82, 2.24) is 9.80 Å². The van der Waals surface area contributed by atoms with Gasteiger partial charge < -0.3 is 24.4 Å². The molecule has 2 amide bonds. The van der Waals surface area contributed by atoms with E-state index in [9.17, 15) is 19.5 Å². The molecule has 0 aromatic heterocycles. The van der Waals surface area contributed by atoms with Crippen LogP contribution in [-0.2, 0) is 23.9 Å². The second kappa shape index (κ2) is 8.63. The van der Waals surface area contributed by atoms with Gasteiger partial charge in [0.15, 0.2) is 0 Å². The normalized spacial score (nSPS) is 35.9. The molecular formula is C24H34N2O6. The summed E-state index contributed by atoms with van der Waals surface area (Å²) in [7, 11) is 0. The van der Waals surface area contributed by atoms with Crippen LogP contribution < -0.4 is 0 Å². The summed E-state index contributed by atoms with van der Waals surface area (Å²) in [5.74, 6) is -2.47. The van der Waals surface area contributed by atoms with Gasteiger partial charge in [-0.15, -0.1) is 0 Å². The lowest BCUT2D eigenvalue weighted by molar-refractivity contribution is -0.155. The summed E-state index contributed by atoms with van der Waals surface area (Å²) in [6, 6.07) is -0.853. The van der Waals surface area contributed by atoms with Crippen molar-refractivity contribution in [2.24, 2.45) is 11.8 Å². The third-order valence-electron chi connectivity index (χ3n) is 6.97. The zero-order chi connectivity index (χ0) is 23.1. The number of aliphatic hydroxyl groups excluding tert-OH is 1. The molecule has 4 aliphatic heterocycles. The zero-order valence-electron chi connectivity index (χ0n) is 19.2. The van der Waals surface area contributed by atoms with E-state index in [0.29, 0.717) is 32.5 Å². The number of ether oxygens (including phenoxy) is 2. The predicted octanol–water partition coefficient (Wildman–Crippen LogP) is 1.43. The molecule has 1 N–H and O–H groups in total. The van der Waals surface area contributed by atoms with Crippen molar-refractivity contribution in [3.05, 3.63) is 24.3 Å². The van der Waals surface area contributed by atoms with Crippen molar-refractivity contribution >= 4 is 17.8 Å². The zero-order valence-corrected chi connectivity index (χ0v) is 19.2. The molecule has 0 aliphatic carbocycles. The summed E-state index contributed by atoms with van der Waals surface area (Å²) in [6.45, 7) is 6.95. The summed E-state index contributed by atoms with van der Waals surface area (Å²) in [6.07, 6.45) is 9.52. The van der Waals surface area contributed by atoms with Gasteiger partial charge in [0.05, 0.1) is 18.6 Å². The number of unbranched alkanes of at least 4 members (excludes halogenated alkanes) is 1. The minimum absolute atomic E-state index is 0.0154. The number of carbonyl (C=O) groups is 3. The van der Waals surface area contributed by atoms with Gasteiger partial charge in [-0.05, 0) is 46.5 Å². The highest BCUT2D eigenvalue weighted by atomic mass is 16.6. The van der Waals surface area contributed by atoms with Crippen LogP contribution in [0.2, 0.25) is 0 Å². The lowest BCUT2D eigenvalue weighted by Gasteiger charge is -2.40. The minimum Gasteiger partial charge on any atom is -0.465 e. The molecule has 0 aromatic rings. The van der Waals surface area contributed by atoms with Crippen LogP contribution in [0.4, 0.5) is 0 Å². The van der Waals surface area contributed by atoms with Gasteiger partial charge in [-0.3, -0.25) is 14.4 Å². The van der Waals surface area contributed by atoms with E-state index in [0.717, 1.165) is 12.8 Å². The summed E-state index contributed by atoms with van der Waals surface area (Å²) in [4.78, 5) is 44.1. The lowest BCUT2D eigenvalue weighted by Crippen LogP contribution is -2.58. The molecule has 0 aromatic carbocycles. The lowest BCUT2D eigenvalue weighted by atomic mass is 9.78. The van der Waals surface area contributed by atoms with Gasteiger partial charge in [-0.1, -0.05) is 24.3 Å². The highest BCUT2D eigenvalue weighted by molar-refractivity contribution is 5.99. The van der Waals surface area contributed by atoms with Crippen LogP contribution >= 0.6 is 0 Å². The first-order valence-corrected chi connectivity index (χ1v) is 11.6. The van der Waals surface area contributed by atoms with E-state index in [1.165, 1.54) is 0 Å². The fourth-order valence-corrected chi connectivity index (χ4v) is 5.49. The first-order valence-electron chi connectivity index (χ1n) is 11.6. The van der Waals surface area contributed by atoms with Gasteiger partial charge in [0, 0.05) is 25.2 Å². The average Bonchev–Trinajstić information content (AvgIpc) is 3.12. The van der Waals surface area contributed by atoms with Crippen LogP contribution in [0, 0.1) is 11.8 Å². The quantitative estimate of drug-likeness (QED) is 0.399. The highest BCUT2D eigenvalue weighted by Crippen LogP contribution is 2.53. The molecular weight excluding hydrogens is 412 g/mol. The van der Waals surface area contributed by atoms with E-state index >= 15 is 0 Å². The number of aliphatic hydroxyl groups is 1. The van der Waals surface area contributed by atoms with Crippen molar-refractivity contribution in [1.29, 1.82) is 0 Å². The molecule has 4 rings (SSSR count). The third kappa shape index (κ3) is 3.67. The van der Waals surface area contributed by atoms with Crippen LogP contribution in [0.25, 0.3) is 0 Å². The number of esters is 1. The maximum atomic E-state index is 13.9. The van der Waals surface area contributed by atoms with Crippen molar-refractivity contribution in [2.45, 2.75) is 69.7 Å². The number of hydrogen-bond donors (Lipinski definition) is 1. The fraction of sp³-hybridized carbons (Fsp3) is 0.708. The molecule has 32 heavy (non-hydrogen) atoms. The maximum Gasteiger partial charge on any atom is 0.312 e. The number of allylic oxidation sites excluding steroid dienone is 1. The predicted molar refractivity (Wildman–Crippen MR) is 116 cm³/mol. The van der Waals surface area contributed by atoms with Crippen LogP contribution in [0.3, 0.4) is 0 Å². The summed E-state index contributed by atoms with van der Waals surface area (Å²) in [5, 5.41) is 9.23. The van der Waals surface area contributed by atoms with E-state index in [4.69, 9.17) is 9.47 Å². The van der Waals surface area contributed by atoms with Gasteiger partial charge >= 0.3 is 5.97 Å². The second-order valence-corrected chi connectivity index (χ2v) is 10.1. The molecule has 8 heteroatoms. The number of likely N-dealkylation sites (tertiary alicyclic amines) is 1. The Kier molecular flexibility index (Phi) is 6.20. The van der Waals surface area contributed by atoms with Gasteiger partial charge in [-0.2, -0.15) is 0 Å². The van der Waals surface area contributed by atoms with E-state index in [1.54, 1.807) is 9.80 Å². The number of amides is 2.